The van der Waals surface area contributed by atoms with Gasteiger partial charge in [0, 0.05) is 32.2 Å². The second kappa shape index (κ2) is 6.68. The van der Waals surface area contributed by atoms with Crippen LogP contribution in [0.25, 0.3) is 0 Å². The van der Waals surface area contributed by atoms with Gasteiger partial charge >= 0.3 is 0 Å². The van der Waals surface area contributed by atoms with Crippen molar-refractivity contribution in [3.63, 3.8) is 0 Å². The van der Waals surface area contributed by atoms with Crippen molar-refractivity contribution in [3.8, 4) is 5.75 Å². The number of Topliss-reactive ketones (excluding diaryl/α,β-unsaturated/α-hetero) is 1. The van der Waals surface area contributed by atoms with E-state index in [1.165, 1.54) is 0 Å². The highest BCUT2D eigenvalue weighted by molar-refractivity contribution is 5.98. The third kappa shape index (κ3) is 3.78. The zero-order valence-electron chi connectivity index (χ0n) is 11.6. The summed E-state index contributed by atoms with van der Waals surface area (Å²) in [4.78, 5) is 14.2. The van der Waals surface area contributed by atoms with Crippen LogP contribution in [0.1, 0.15) is 22.3 Å². The van der Waals surface area contributed by atoms with E-state index < -0.39 is 0 Å². The van der Waals surface area contributed by atoms with Crippen molar-refractivity contribution in [2.75, 3.05) is 40.5 Å². The maximum Gasteiger partial charge on any atom is 0.176 e. The molecule has 0 aromatic heterocycles. The lowest BCUT2D eigenvalue weighted by atomic mass is 10.1. The van der Waals surface area contributed by atoms with E-state index >= 15 is 0 Å². The first kappa shape index (κ1) is 14.0. The number of hydrogen-bond acceptors (Lipinski definition) is 4. The van der Waals surface area contributed by atoms with Crippen molar-refractivity contribution in [1.29, 1.82) is 0 Å². The minimum absolute atomic E-state index is 0.162. The molecule has 104 valence electrons. The predicted molar refractivity (Wildman–Crippen MR) is 74.0 cm³/mol. The number of ketones is 1. The molecule has 0 N–H and O–H groups in total. The standard InChI is InChI=1S/C15H21NO3/c1-16(7-3-8-18-2)11-14(17)12-4-5-15-13(10-12)6-9-19-15/h4-5,10H,3,6-9,11H2,1-2H3. The van der Waals surface area contributed by atoms with Crippen LogP contribution in [0.15, 0.2) is 18.2 Å². The first-order valence-corrected chi connectivity index (χ1v) is 6.67. The van der Waals surface area contributed by atoms with E-state index in [4.69, 9.17) is 9.47 Å². The summed E-state index contributed by atoms with van der Waals surface area (Å²) in [6, 6.07) is 5.73. The highest BCUT2D eigenvalue weighted by Gasteiger charge is 2.15. The van der Waals surface area contributed by atoms with Gasteiger partial charge in [-0.05, 0) is 37.2 Å². The quantitative estimate of drug-likeness (QED) is 0.555. The highest BCUT2D eigenvalue weighted by Crippen LogP contribution is 2.26. The lowest BCUT2D eigenvalue weighted by Crippen LogP contribution is -2.27. The Balaban J connectivity index is 1.89. The average molecular weight is 263 g/mol. The summed E-state index contributed by atoms with van der Waals surface area (Å²) in [7, 11) is 3.65. The van der Waals surface area contributed by atoms with Gasteiger partial charge in [0.1, 0.15) is 5.75 Å². The summed E-state index contributed by atoms with van der Waals surface area (Å²) in [5.74, 6) is 1.08. The lowest BCUT2D eigenvalue weighted by molar-refractivity contribution is 0.0938. The molecule has 0 atom stereocenters. The Labute approximate surface area is 114 Å². The number of benzene rings is 1. The smallest absolute Gasteiger partial charge is 0.176 e. The summed E-state index contributed by atoms with van der Waals surface area (Å²) in [5, 5.41) is 0. The van der Waals surface area contributed by atoms with Gasteiger partial charge in [-0.3, -0.25) is 9.69 Å². The third-order valence-corrected chi connectivity index (χ3v) is 3.31. The maximum atomic E-state index is 12.2. The molecule has 2 rings (SSSR count). The molecule has 0 amide bonds. The van der Waals surface area contributed by atoms with Gasteiger partial charge in [0.05, 0.1) is 13.2 Å². The number of nitrogens with zero attached hydrogens (tertiary/aromatic N) is 1. The van der Waals surface area contributed by atoms with Gasteiger partial charge in [-0.2, -0.15) is 0 Å². The van der Waals surface area contributed by atoms with Crippen LogP contribution in [0.5, 0.6) is 5.75 Å². The summed E-state index contributed by atoms with van der Waals surface area (Å²) in [6.07, 6.45) is 1.85. The van der Waals surface area contributed by atoms with E-state index in [9.17, 15) is 4.79 Å². The Bertz CT molecular complexity index is 445. The number of carbonyl (C=O) groups is 1. The SMILES string of the molecule is COCCCN(C)CC(=O)c1ccc2c(c1)CCO2. The Morgan fingerprint density at radius 3 is 3.11 bits per heavy atom. The molecule has 1 aliphatic heterocycles. The topological polar surface area (TPSA) is 38.8 Å². The molecule has 0 aliphatic carbocycles. The van der Waals surface area contributed by atoms with Crippen molar-refractivity contribution < 1.29 is 14.3 Å². The molecular weight excluding hydrogens is 242 g/mol. The molecule has 1 aliphatic rings. The number of methoxy groups -OCH3 is 1. The molecule has 0 saturated carbocycles. The van der Waals surface area contributed by atoms with Crippen molar-refractivity contribution in [1.82, 2.24) is 4.90 Å². The van der Waals surface area contributed by atoms with E-state index in [0.717, 1.165) is 49.5 Å². The Morgan fingerprint density at radius 1 is 1.47 bits per heavy atom. The molecule has 19 heavy (non-hydrogen) atoms. The van der Waals surface area contributed by atoms with Gasteiger partial charge in [0.15, 0.2) is 5.78 Å². The monoisotopic (exact) mass is 263 g/mol. The van der Waals surface area contributed by atoms with Crippen molar-refractivity contribution in [2.24, 2.45) is 0 Å². The molecule has 0 radical (unpaired) electrons. The van der Waals surface area contributed by atoms with Crippen LogP contribution >= 0.6 is 0 Å². The number of hydrogen-bond donors (Lipinski definition) is 0. The number of ether oxygens (including phenoxy) is 2. The number of likely N-dealkylation sites (N-methyl/N-ethyl adjacent to an activating group) is 1. The second-order valence-corrected chi connectivity index (χ2v) is 4.93. The molecule has 4 heteroatoms. The molecule has 0 unspecified atom stereocenters. The maximum absolute atomic E-state index is 12.2. The summed E-state index contributed by atoms with van der Waals surface area (Å²) >= 11 is 0. The number of carbonyl (C=O) groups excluding carboxylic acids is 1. The van der Waals surface area contributed by atoms with E-state index in [-0.39, 0.29) is 5.78 Å². The predicted octanol–water partition coefficient (Wildman–Crippen LogP) is 1.77. The molecule has 0 spiro atoms. The molecule has 0 bridgehead atoms. The fraction of sp³-hybridized carbons (Fsp3) is 0.533. The van der Waals surface area contributed by atoms with Crippen LogP contribution in [-0.2, 0) is 11.2 Å². The van der Waals surface area contributed by atoms with Gasteiger partial charge in [0.25, 0.3) is 0 Å². The fourth-order valence-corrected chi connectivity index (χ4v) is 2.25. The van der Waals surface area contributed by atoms with Gasteiger partial charge in [-0.25, -0.2) is 0 Å². The van der Waals surface area contributed by atoms with Crippen LogP contribution in [0.3, 0.4) is 0 Å². The van der Waals surface area contributed by atoms with E-state index in [1.807, 2.05) is 30.1 Å². The van der Waals surface area contributed by atoms with Crippen LogP contribution in [0.4, 0.5) is 0 Å². The summed E-state index contributed by atoms with van der Waals surface area (Å²) in [5.41, 5.74) is 1.93. The normalized spacial score (nSPS) is 13.4. The zero-order valence-corrected chi connectivity index (χ0v) is 11.6. The van der Waals surface area contributed by atoms with Gasteiger partial charge in [-0.1, -0.05) is 0 Å². The van der Waals surface area contributed by atoms with Gasteiger partial charge in [0.2, 0.25) is 0 Å². The van der Waals surface area contributed by atoms with Gasteiger partial charge < -0.3 is 9.47 Å². The lowest BCUT2D eigenvalue weighted by Gasteiger charge is -2.15. The molecule has 1 aromatic rings. The van der Waals surface area contributed by atoms with Crippen LogP contribution in [0, 0.1) is 0 Å². The average Bonchev–Trinajstić information content (AvgIpc) is 2.86. The van der Waals surface area contributed by atoms with Crippen LogP contribution in [0.2, 0.25) is 0 Å². The zero-order chi connectivity index (χ0) is 13.7. The minimum Gasteiger partial charge on any atom is -0.493 e. The summed E-state index contributed by atoms with van der Waals surface area (Å²) < 4.78 is 10.5. The van der Waals surface area contributed by atoms with E-state index in [0.29, 0.717) is 6.54 Å². The molecule has 1 heterocycles. The van der Waals surface area contributed by atoms with Gasteiger partial charge in [-0.15, -0.1) is 0 Å². The Kier molecular flexibility index (Phi) is 4.93. The summed E-state index contributed by atoms with van der Waals surface area (Å²) in [6.45, 7) is 2.77. The molecular formula is C15H21NO3. The molecule has 4 nitrogen and oxygen atoms in total. The fourth-order valence-electron chi connectivity index (χ4n) is 2.25. The number of fused-ring (bicyclic) bond motifs is 1. The minimum atomic E-state index is 0.162. The highest BCUT2D eigenvalue weighted by atomic mass is 16.5. The van der Waals surface area contributed by atoms with Crippen LogP contribution < -0.4 is 4.74 Å². The second-order valence-electron chi connectivity index (χ2n) is 4.93. The van der Waals surface area contributed by atoms with Crippen LogP contribution in [-0.4, -0.2) is 51.1 Å². The molecule has 0 fully saturated rings. The Hall–Kier alpha value is -1.39. The Morgan fingerprint density at radius 2 is 2.32 bits per heavy atom. The molecule has 0 saturated heterocycles. The van der Waals surface area contributed by atoms with Crippen molar-refractivity contribution in [3.05, 3.63) is 29.3 Å². The largest absolute Gasteiger partial charge is 0.493 e. The van der Waals surface area contributed by atoms with E-state index in [1.54, 1.807) is 7.11 Å². The number of rotatable bonds is 7. The third-order valence-electron chi connectivity index (χ3n) is 3.31. The van der Waals surface area contributed by atoms with Crippen molar-refractivity contribution >= 4 is 5.78 Å². The first-order chi connectivity index (χ1) is 9.20. The molecule has 1 aromatic carbocycles. The van der Waals surface area contributed by atoms with Crippen molar-refractivity contribution in [2.45, 2.75) is 12.8 Å². The first-order valence-electron chi connectivity index (χ1n) is 6.67. The van der Waals surface area contributed by atoms with E-state index in [2.05, 4.69) is 0 Å².